The minimum atomic E-state index is -1.73. The van der Waals surface area contributed by atoms with Gasteiger partial charge in [0.15, 0.2) is 5.76 Å². The molecule has 0 spiro atoms. The highest BCUT2D eigenvalue weighted by Crippen LogP contribution is 2.42. The van der Waals surface area contributed by atoms with E-state index in [1.54, 1.807) is 45.3 Å². The predicted molar refractivity (Wildman–Crippen MR) is 158 cm³/mol. The third kappa shape index (κ3) is 5.96. The molecule has 7 heteroatoms. The van der Waals surface area contributed by atoms with E-state index in [1.165, 1.54) is 26.4 Å². The summed E-state index contributed by atoms with van der Waals surface area (Å²) >= 11 is 6.90. The summed E-state index contributed by atoms with van der Waals surface area (Å²) in [7, 11) is -1.73. The topological polar surface area (TPSA) is 26.3 Å². The van der Waals surface area contributed by atoms with Crippen LogP contribution in [0.25, 0.3) is 25.1 Å². The van der Waals surface area contributed by atoms with Gasteiger partial charge in [0.05, 0.1) is 5.57 Å². The minimum Gasteiger partial charge on any atom is -0.417 e. The van der Waals surface area contributed by atoms with Gasteiger partial charge in [0.2, 0.25) is 0 Å². The van der Waals surface area contributed by atoms with E-state index in [4.69, 9.17) is 4.74 Å². The largest absolute Gasteiger partial charge is 0.417 e. The molecule has 0 fully saturated rings. The van der Waals surface area contributed by atoms with Crippen LogP contribution in [0.2, 0.25) is 18.1 Å². The Bertz CT molecular complexity index is 1270. The zero-order valence-electron chi connectivity index (χ0n) is 20.3. The molecule has 0 N–H and O–H groups in total. The molecule has 0 amide bonds. The molecule has 0 saturated carbocycles. The maximum Gasteiger partial charge on any atom is 0.308 e. The maximum atomic E-state index is 12.2. The second kappa shape index (κ2) is 11.7. The summed E-state index contributed by atoms with van der Waals surface area (Å²) in [5.74, 6) is 3.53. The quantitative estimate of drug-likeness (QED) is 0.0941. The first-order valence-corrected chi connectivity index (χ1v) is 17.7. The van der Waals surface area contributed by atoms with E-state index in [2.05, 4.69) is 91.5 Å². The first kappa shape index (κ1) is 25.9. The fourth-order valence-electron chi connectivity index (χ4n) is 3.88. The summed E-state index contributed by atoms with van der Waals surface area (Å²) in [6.45, 7) is 8.18. The summed E-state index contributed by atoms with van der Waals surface area (Å²) < 4.78 is 5.86. The van der Waals surface area contributed by atoms with E-state index in [0.29, 0.717) is 5.76 Å². The van der Waals surface area contributed by atoms with Gasteiger partial charge in [-0.1, -0.05) is 32.9 Å². The number of carbonyl (C=O) groups is 1. The van der Waals surface area contributed by atoms with Crippen molar-refractivity contribution in [2.24, 2.45) is 0 Å². The lowest BCUT2D eigenvalue weighted by Gasteiger charge is -2.20. The van der Waals surface area contributed by atoms with Crippen molar-refractivity contribution >= 4 is 65.0 Å². The van der Waals surface area contributed by atoms with Crippen molar-refractivity contribution in [3.63, 3.8) is 0 Å². The average Bonchev–Trinajstić information content (AvgIpc) is 3.67. The van der Waals surface area contributed by atoms with Crippen molar-refractivity contribution in [2.75, 3.05) is 0 Å². The van der Waals surface area contributed by atoms with Crippen LogP contribution in [0, 0.1) is 11.5 Å². The molecule has 4 aromatic rings. The number of thiophene rings is 4. The van der Waals surface area contributed by atoms with Crippen LogP contribution in [-0.4, -0.2) is 14.0 Å². The highest BCUT2D eigenvalue weighted by molar-refractivity contribution is 7.23. The number of rotatable bonds is 8. The van der Waals surface area contributed by atoms with Gasteiger partial charge in [-0.25, -0.2) is 0 Å². The average molecular weight is 553 g/mol. The molecule has 0 aliphatic rings. The number of carbonyl (C=O) groups excluding carboxylic acids is 1. The Balaban J connectivity index is 1.91. The summed E-state index contributed by atoms with van der Waals surface area (Å²) in [6.07, 6.45) is 0. The fraction of sp³-hybridized carbons (Fsp3) is 0.250. The van der Waals surface area contributed by atoms with Crippen LogP contribution >= 0.6 is 45.3 Å². The number of hydrogen-bond donors (Lipinski definition) is 0. The molecule has 0 unspecified atom stereocenters. The van der Waals surface area contributed by atoms with E-state index in [9.17, 15) is 4.79 Å². The Labute approximate surface area is 225 Å². The van der Waals surface area contributed by atoms with Crippen LogP contribution in [0.4, 0.5) is 0 Å². The zero-order chi connectivity index (χ0) is 24.8. The van der Waals surface area contributed by atoms with Crippen molar-refractivity contribution in [2.45, 2.75) is 45.8 Å². The van der Waals surface area contributed by atoms with Gasteiger partial charge >= 0.3 is 5.97 Å². The van der Waals surface area contributed by atoms with Crippen LogP contribution in [0.5, 0.6) is 0 Å². The lowest BCUT2D eigenvalue weighted by atomic mass is 10.1. The van der Waals surface area contributed by atoms with Gasteiger partial charge in [-0.2, -0.15) is 0 Å². The molecule has 0 atom stereocenters. The first-order chi connectivity index (χ1) is 17.0. The Morgan fingerprint density at radius 1 is 0.800 bits per heavy atom. The smallest absolute Gasteiger partial charge is 0.308 e. The number of hydrogen-bond acceptors (Lipinski definition) is 6. The highest BCUT2D eigenvalue weighted by Gasteiger charge is 2.25. The van der Waals surface area contributed by atoms with E-state index in [-0.39, 0.29) is 5.97 Å². The molecule has 180 valence electrons. The van der Waals surface area contributed by atoms with Gasteiger partial charge in [0.25, 0.3) is 0 Å². The molecule has 4 heterocycles. The molecular weight excluding hydrogens is 525 g/mol. The Morgan fingerprint density at radius 2 is 1.31 bits per heavy atom. The molecule has 0 bridgehead atoms. The van der Waals surface area contributed by atoms with Crippen LogP contribution in [-0.2, 0) is 9.53 Å². The van der Waals surface area contributed by atoms with Gasteiger partial charge in [0.1, 0.15) is 8.07 Å². The van der Waals surface area contributed by atoms with E-state index in [0.717, 1.165) is 33.5 Å². The van der Waals surface area contributed by atoms with Crippen molar-refractivity contribution < 1.29 is 9.53 Å². The normalized spacial score (nSPS) is 11.1. The summed E-state index contributed by atoms with van der Waals surface area (Å²) in [6, 6.07) is 20.3. The number of esters is 1. The SMILES string of the molecule is CC[Si](C#CC(OC(C)=O)=C(c1ccc(-c2cccs2)s1)c1ccc(-c2cccs2)s1)(CC)CC. The molecule has 0 radical (unpaired) electrons. The molecule has 4 aromatic heterocycles. The van der Waals surface area contributed by atoms with Crippen LogP contribution in [0.3, 0.4) is 0 Å². The second-order valence-corrected chi connectivity index (χ2v) is 17.2. The van der Waals surface area contributed by atoms with Crippen LogP contribution in [0.15, 0.2) is 65.1 Å². The second-order valence-electron chi connectivity index (χ2n) is 8.17. The fourth-order valence-corrected chi connectivity index (χ4v) is 10.1. The summed E-state index contributed by atoms with van der Waals surface area (Å²) in [4.78, 5) is 19.3. The van der Waals surface area contributed by atoms with E-state index >= 15 is 0 Å². The van der Waals surface area contributed by atoms with Gasteiger partial charge in [-0.3, -0.25) is 4.79 Å². The van der Waals surface area contributed by atoms with Gasteiger partial charge in [-0.05, 0) is 71.2 Å². The molecule has 2 nitrogen and oxygen atoms in total. The summed E-state index contributed by atoms with van der Waals surface area (Å²) in [5, 5.41) is 4.19. The first-order valence-electron chi connectivity index (χ1n) is 11.7. The zero-order valence-corrected chi connectivity index (χ0v) is 24.6. The standard InChI is InChI=1S/C28H28O2S4Si/c1-5-35(6-2,7-3)19-16-21(30-20(4)29)28(26-14-12-24(33-26)22-10-8-17-31-22)27-15-13-25(34-27)23-11-9-18-32-23/h8-15,17-18H,5-7H2,1-4H3. The Kier molecular flexibility index (Phi) is 8.63. The molecule has 35 heavy (non-hydrogen) atoms. The molecule has 0 aromatic carbocycles. The lowest BCUT2D eigenvalue weighted by molar-refractivity contribution is -0.136. The third-order valence-corrected chi connectivity index (χ3v) is 15.2. The van der Waals surface area contributed by atoms with Gasteiger partial charge < -0.3 is 4.74 Å². The molecule has 0 aliphatic heterocycles. The lowest BCUT2D eigenvalue weighted by Crippen LogP contribution is -2.29. The van der Waals surface area contributed by atoms with Crippen molar-refractivity contribution in [1.29, 1.82) is 0 Å². The molecule has 0 saturated heterocycles. The van der Waals surface area contributed by atoms with Crippen molar-refractivity contribution in [3.8, 4) is 31.0 Å². The summed E-state index contributed by atoms with van der Waals surface area (Å²) in [5.41, 5.74) is 4.56. The highest BCUT2D eigenvalue weighted by atomic mass is 32.1. The third-order valence-electron chi connectivity index (χ3n) is 6.18. The van der Waals surface area contributed by atoms with E-state index in [1.807, 2.05) is 0 Å². The minimum absolute atomic E-state index is 0.339. The Hall–Kier alpha value is -2.21. The maximum absolute atomic E-state index is 12.2. The predicted octanol–water partition coefficient (Wildman–Crippen LogP) is 9.64. The molecule has 4 rings (SSSR count). The monoisotopic (exact) mass is 552 g/mol. The Morgan fingerprint density at radius 3 is 1.71 bits per heavy atom. The van der Waals surface area contributed by atoms with Crippen molar-refractivity contribution in [1.82, 2.24) is 0 Å². The van der Waals surface area contributed by atoms with Gasteiger partial charge in [-0.15, -0.1) is 50.9 Å². The van der Waals surface area contributed by atoms with E-state index < -0.39 is 8.07 Å². The van der Waals surface area contributed by atoms with Gasteiger partial charge in [0, 0.05) is 36.2 Å². The number of ether oxygens (including phenoxy) is 1. The molecule has 0 aliphatic carbocycles. The molecular formula is C28H28O2S4Si. The van der Waals surface area contributed by atoms with Crippen molar-refractivity contribution in [3.05, 3.63) is 74.8 Å². The van der Waals surface area contributed by atoms with Crippen LogP contribution in [0.1, 0.15) is 37.4 Å². The number of allylic oxidation sites excluding steroid dienone is 1. The van der Waals surface area contributed by atoms with Crippen LogP contribution < -0.4 is 0 Å².